The number of rotatable bonds is 0. The Hall–Kier alpha value is 0.620. The lowest BCUT2D eigenvalue weighted by Gasteiger charge is -2.65. The number of aliphatic hydroxyl groups excluding tert-OH is 1. The second-order valence-corrected chi connectivity index (χ2v) is 11.8. The maximum atomic E-state index is 11.2. The smallest absolute Gasteiger partial charge is 0.0911 e. The Labute approximate surface area is 163 Å². The second kappa shape index (κ2) is 5.81. The topological polar surface area (TPSA) is 40.5 Å². The average molecular weight is 464 g/mol. The molecule has 3 saturated carbocycles. The Morgan fingerprint density at radius 1 is 1.08 bits per heavy atom. The number of hydrogen-bond donors (Lipinski definition) is 2. The van der Waals surface area contributed by atoms with Gasteiger partial charge in [0.25, 0.3) is 0 Å². The van der Waals surface area contributed by atoms with Gasteiger partial charge in [-0.15, -0.1) is 0 Å². The van der Waals surface area contributed by atoms with Crippen molar-refractivity contribution in [3.63, 3.8) is 0 Å². The van der Waals surface area contributed by atoms with Gasteiger partial charge in [-0.25, -0.2) is 0 Å². The van der Waals surface area contributed by atoms with Crippen LogP contribution in [-0.2, 0) is 0 Å². The Kier molecular flexibility index (Phi) is 4.69. The fourth-order valence-corrected chi connectivity index (χ4v) is 7.66. The van der Waals surface area contributed by atoms with E-state index in [4.69, 9.17) is 0 Å². The molecule has 0 aromatic heterocycles. The number of hydrogen-bond acceptors (Lipinski definition) is 2. The van der Waals surface area contributed by atoms with Gasteiger partial charge < -0.3 is 10.2 Å². The van der Waals surface area contributed by atoms with E-state index in [1.165, 1.54) is 5.57 Å². The molecule has 0 aromatic carbocycles. The highest BCUT2D eigenvalue weighted by molar-refractivity contribution is 9.09. The molecule has 3 fully saturated rings. The standard InChI is InChI=1S/C20H32Br2O2/c1-12-6-7-14(21)17(2,3)20(12)9-8-18(4)13(11-20)19(5,24)16(23)10-15(18)22/h13-16,23-24H,1,6-11H2,2-5H3/t13-,14-,15-,16+,18-,19-,20+/m0/s1. The average Bonchev–Trinajstić information content (AvgIpc) is 2.49. The molecule has 0 unspecified atom stereocenters. The third kappa shape index (κ3) is 2.38. The summed E-state index contributed by atoms with van der Waals surface area (Å²) in [7, 11) is 0. The van der Waals surface area contributed by atoms with E-state index >= 15 is 0 Å². The van der Waals surface area contributed by atoms with Crippen LogP contribution in [0.15, 0.2) is 12.2 Å². The van der Waals surface area contributed by atoms with Gasteiger partial charge >= 0.3 is 0 Å². The van der Waals surface area contributed by atoms with Crippen LogP contribution in [0.1, 0.15) is 66.2 Å². The Bertz CT molecular complexity index is 544. The molecule has 3 aliphatic rings. The number of fused-ring (bicyclic) bond motifs is 1. The van der Waals surface area contributed by atoms with Gasteiger partial charge in [-0.05, 0) is 67.6 Å². The van der Waals surface area contributed by atoms with Gasteiger partial charge in [0, 0.05) is 9.65 Å². The van der Waals surface area contributed by atoms with E-state index in [0.29, 0.717) is 11.2 Å². The molecule has 2 nitrogen and oxygen atoms in total. The lowest BCUT2D eigenvalue weighted by molar-refractivity contribution is -0.198. The van der Waals surface area contributed by atoms with Crippen molar-refractivity contribution in [3.8, 4) is 0 Å². The molecule has 0 aromatic rings. The SMILES string of the molecule is C=C1CC[C@H](Br)C(C)(C)[C@@]12CC[C@@]1(C)[C@H](C2)[C@](C)(O)[C@H](O)C[C@@H]1Br. The lowest BCUT2D eigenvalue weighted by atomic mass is 9.42. The van der Waals surface area contributed by atoms with E-state index in [1.807, 2.05) is 6.92 Å². The van der Waals surface area contributed by atoms with Crippen molar-refractivity contribution in [2.75, 3.05) is 0 Å². The Morgan fingerprint density at radius 2 is 1.71 bits per heavy atom. The highest BCUT2D eigenvalue weighted by Crippen LogP contribution is 2.68. The van der Waals surface area contributed by atoms with Crippen molar-refractivity contribution < 1.29 is 10.2 Å². The minimum atomic E-state index is -1.04. The van der Waals surface area contributed by atoms with Crippen LogP contribution in [0.25, 0.3) is 0 Å². The van der Waals surface area contributed by atoms with Crippen molar-refractivity contribution in [2.45, 2.75) is 87.6 Å². The van der Waals surface area contributed by atoms with Crippen LogP contribution in [0.2, 0.25) is 0 Å². The fraction of sp³-hybridized carbons (Fsp3) is 0.900. The first-order chi connectivity index (χ1) is 10.9. The van der Waals surface area contributed by atoms with E-state index < -0.39 is 11.7 Å². The summed E-state index contributed by atoms with van der Waals surface area (Å²) in [5.41, 5.74) is 0.472. The molecule has 3 aliphatic carbocycles. The molecule has 0 saturated heterocycles. The monoisotopic (exact) mass is 462 g/mol. The fourth-order valence-electron chi connectivity index (χ4n) is 6.09. The molecule has 3 rings (SSSR count). The zero-order valence-corrected chi connectivity index (χ0v) is 18.6. The van der Waals surface area contributed by atoms with Gasteiger partial charge in [-0.1, -0.05) is 64.8 Å². The van der Waals surface area contributed by atoms with Gasteiger partial charge in [-0.3, -0.25) is 0 Å². The number of alkyl halides is 2. The predicted octanol–water partition coefficient (Wildman–Crippen LogP) is 5.20. The molecule has 138 valence electrons. The summed E-state index contributed by atoms with van der Waals surface area (Å²) in [4.78, 5) is 0.723. The van der Waals surface area contributed by atoms with Crippen molar-refractivity contribution in [1.82, 2.24) is 0 Å². The Morgan fingerprint density at radius 3 is 2.33 bits per heavy atom. The van der Waals surface area contributed by atoms with Crippen LogP contribution in [0.5, 0.6) is 0 Å². The van der Waals surface area contributed by atoms with E-state index in [2.05, 4.69) is 59.2 Å². The van der Waals surface area contributed by atoms with Crippen LogP contribution < -0.4 is 0 Å². The Balaban J connectivity index is 2.06. The van der Waals surface area contributed by atoms with E-state index in [0.717, 1.165) is 32.1 Å². The largest absolute Gasteiger partial charge is 0.390 e. The molecule has 0 heterocycles. The van der Waals surface area contributed by atoms with Gasteiger partial charge in [0.1, 0.15) is 0 Å². The maximum absolute atomic E-state index is 11.2. The molecule has 0 bridgehead atoms. The van der Waals surface area contributed by atoms with Gasteiger partial charge in [0.2, 0.25) is 0 Å². The van der Waals surface area contributed by atoms with Crippen LogP contribution in [0, 0.1) is 22.2 Å². The molecular weight excluding hydrogens is 432 g/mol. The van der Waals surface area contributed by atoms with Gasteiger partial charge in [0.05, 0.1) is 11.7 Å². The van der Waals surface area contributed by atoms with Crippen molar-refractivity contribution in [3.05, 3.63) is 12.2 Å². The summed E-state index contributed by atoms with van der Waals surface area (Å²) in [5.74, 6) is 0.0701. The number of aliphatic hydroxyl groups is 2. The van der Waals surface area contributed by atoms with Gasteiger partial charge in [0.15, 0.2) is 0 Å². The normalized spacial score (nSPS) is 54.6. The quantitative estimate of drug-likeness (QED) is 0.383. The summed E-state index contributed by atoms with van der Waals surface area (Å²) < 4.78 is 0. The van der Waals surface area contributed by atoms with Crippen molar-refractivity contribution in [2.24, 2.45) is 22.2 Å². The molecule has 7 atom stereocenters. The first kappa shape index (κ1) is 19.4. The zero-order chi connectivity index (χ0) is 18.1. The van der Waals surface area contributed by atoms with Crippen molar-refractivity contribution in [1.29, 1.82) is 0 Å². The molecule has 0 radical (unpaired) electrons. The molecule has 0 aliphatic heterocycles. The summed E-state index contributed by atoms with van der Waals surface area (Å²) in [5, 5.41) is 21.8. The van der Waals surface area contributed by atoms with E-state index in [-0.39, 0.29) is 27.0 Å². The lowest BCUT2D eigenvalue weighted by Crippen LogP contribution is -2.65. The third-order valence-electron chi connectivity index (χ3n) is 8.36. The number of halogens is 2. The highest BCUT2D eigenvalue weighted by Gasteiger charge is 2.65. The maximum Gasteiger partial charge on any atom is 0.0911 e. The van der Waals surface area contributed by atoms with Crippen molar-refractivity contribution >= 4 is 31.9 Å². The molecule has 0 amide bonds. The first-order valence-corrected chi connectivity index (χ1v) is 11.1. The zero-order valence-electron chi connectivity index (χ0n) is 15.4. The minimum absolute atomic E-state index is 0.0175. The molecule has 4 heteroatoms. The van der Waals surface area contributed by atoms with Gasteiger partial charge in [-0.2, -0.15) is 0 Å². The minimum Gasteiger partial charge on any atom is -0.390 e. The van der Waals surface area contributed by atoms with E-state index in [1.54, 1.807) is 0 Å². The second-order valence-electron chi connectivity index (χ2n) is 9.62. The molecule has 24 heavy (non-hydrogen) atoms. The number of allylic oxidation sites excluding steroid dienone is 1. The predicted molar refractivity (Wildman–Crippen MR) is 107 cm³/mol. The van der Waals surface area contributed by atoms with Crippen LogP contribution in [0.3, 0.4) is 0 Å². The molecule has 1 spiro atoms. The summed E-state index contributed by atoms with van der Waals surface area (Å²) in [6.45, 7) is 13.4. The third-order valence-corrected chi connectivity index (χ3v) is 11.4. The molecule has 2 N–H and O–H groups in total. The summed E-state index contributed by atoms with van der Waals surface area (Å²) in [6, 6.07) is 0. The molecular formula is C20H32Br2O2. The van der Waals surface area contributed by atoms with Crippen LogP contribution in [0.4, 0.5) is 0 Å². The van der Waals surface area contributed by atoms with E-state index in [9.17, 15) is 10.2 Å². The van der Waals surface area contributed by atoms with Crippen LogP contribution >= 0.6 is 31.9 Å². The summed E-state index contributed by atoms with van der Waals surface area (Å²) in [6.07, 6.45) is 5.26. The summed E-state index contributed by atoms with van der Waals surface area (Å²) >= 11 is 7.78. The van der Waals surface area contributed by atoms with Crippen LogP contribution in [-0.4, -0.2) is 31.6 Å². The highest BCUT2D eigenvalue weighted by atomic mass is 79.9. The first-order valence-electron chi connectivity index (χ1n) is 9.26.